The molecule has 1 amide bonds. The fraction of sp³-hybridized carbons (Fsp3) is 0.278. The van der Waals surface area contributed by atoms with E-state index in [1.165, 1.54) is 12.1 Å². The number of rotatable bonds is 6. The third-order valence-corrected chi connectivity index (χ3v) is 3.76. The zero-order chi connectivity index (χ0) is 17.0. The van der Waals surface area contributed by atoms with E-state index in [9.17, 15) is 9.18 Å². The van der Waals surface area contributed by atoms with Crippen LogP contribution in [-0.2, 0) is 4.79 Å². The molecule has 0 bridgehead atoms. The van der Waals surface area contributed by atoms with Crippen molar-refractivity contribution in [2.75, 3.05) is 7.11 Å². The highest BCUT2D eigenvalue weighted by molar-refractivity contribution is 5.81. The number of amides is 1. The third kappa shape index (κ3) is 4.07. The number of halogens is 1. The van der Waals surface area contributed by atoms with Gasteiger partial charge in [-0.2, -0.15) is 0 Å². The van der Waals surface area contributed by atoms with E-state index >= 15 is 0 Å². The van der Waals surface area contributed by atoms with Gasteiger partial charge in [-0.15, -0.1) is 0 Å². The summed E-state index contributed by atoms with van der Waals surface area (Å²) in [5.41, 5.74) is 8.15. The summed E-state index contributed by atoms with van der Waals surface area (Å²) in [4.78, 5) is 11.8. The molecular formula is C18H21FN2O2. The maximum atomic E-state index is 13.1. The highest BCUT2D eigenvalue weighted by Gasteiger charge is 2.22. The molecule has 2 aromatic rings. The fourth-order valence-corrected chi connectivity index (χ4v) is 2.53. The lowest BCUT2D eigenvalue weighted by molar-refractivity contribution is -0.120. The molecular weight excluding hydrogens is 295 g/mol. The molecule has 3 N–H and O–H groups in total. The minimum absolute atomic E-state index is 0.174. The van der Waals surface area contributed by atoms with Gasteiger partial charge in [-0.25, -0.2) is 4.39 Å². The van der Waals surface area contributed by atoms with E-state index in [1.807, 2.05) is 32.0 Å². The van der Waals surface area contributed by atoms with Gasteiger partial charge in [-0.05, 0) is 37.6 Å². The molecule has 23 heavy (non-hydrogen) atoms. The molecule has 0 spiro atoms. The van der Waals surface area contributed by atoms with Gasteiger partial charge in [0.1, 0.15) is 17.6 Å². The Bertz CT molecular complexity index is 686. The summed E-state index contributed by atoms with van der Waals surface area (Å²) in [6.45, 7) is 3.91. The number of ether oxygens (including phenoxy) is 1. The molecule has 2 aromatic carbocycles. The Morgan fingerprint density at radius 1 is 1.22 bits per heavy atom. The lowest BCUT2D eigenvalue weighted by atomic mass is 10.0. The zero-order valence-corrected chi connectivity index (χ0v) is 13.5. The maximum Gasteiger partial charge on any atom is 0.239 e. The molecule has 0 aliphatic carbocycles. The smallest absolute Gasteiger partial charge is 0.239 e. The van der Waals surface area contributed by atoms with Crippen LogP contribution in [-0.4, -0.2) is 13.0 Å². The molecule has 4 nitrogen and oxygen atoms in total. The first-order chi connectivity index (χ1) is 10.9. The number of nitrogens with one attached hydrogen (secondary N) is 1. The van der Waals surface area contributed by atoms with Gasteiger partial charge in [-0.3, -0.25) is 10.1 Å². The van der Waals surface area contributed by atoms with Crippen LogP contribution in [0.2, 0.25) is 0 Å². The summed E-state index contributed by atoms with van der Waals surface area (Å²) in [6.07, 6.45) is 0. The van der Waals surface area contributed by atoms with E-state index in [2.05, 4.69) is 5.32 Å². The second kappa shape index (κ2) is 7.24. The SMILES string of the molecule is COc1ccc(C)cc1[C@H](C)N[C@H](C(N)=O)c1ccc(F)cc1. The summed E-state index contributed by atoms with van der Waals surface area (Å²) in [5, 5.41) is 3.19. The van der Waals surface area contributed by atoms with Crippen molar-refractivity contribution in [1.82, 2.24) is 5.32 Å². The molecule has 0 saturated heterocycles. The Morgan fingerprint density at radius 3 is 2.43 bits per heavy atom. The summed E-state index contributed by atoms with van der Waals surface area (Å²) >= 11 is 0. The van der Waals surface area contributed by atoms with Gasteiger partial charge in [0, 0.05) is 11.6 Å². The number of benzene rings is 2. The minimum atomic E-state index is -0.712. The number of methoxy groups -OCH3 is 1. The molecule has 0 radical (unpaired) electrons. The van der Waals surface area contributed by atoms with Gasteiger partial charge >= 0.3 is 0 Å². The van der Waals surface area contributed by atoms with E-state index in [1.54, 1.807) is 19.2 Å². The number of hydrogen-bond acceptors (Lipinski definition) is 3. The number of nitrogens with two attached hydrogens (primary N) is 1. The maximum absolute atomic E-state index is 13.1. The van der Waals surface area contributed by atoms with Crippen molar-refractivity contribution in [1.29, 1.82) is 0 Å². The zero-order valence-electron chi connectivity index (χ0n) is 13.5. The van der Waals surface area contributed by atoms with Crippen LogP contribution in [0.25, 0.3) is 0 Å². The Hall–Kier alpha value is -2.40. The third-order valence-electron chi connectivity index (χ3n) is 3.76. The van der Waals surface area contributed by atoms with Crippen molar-refractivity contribution in [3.63, 3.8) is 0 Å². The number of carbonyl (C=O) groups is 1. The highest BCUT2D eigenvalue weighted by Crippen LogP contribution is 2.28. The van der Waals surface area contributed by atoms with Crippen molar-refractivity contribution >= 4 is 5.91 Å². The van der Waals surface area contributed by atoms with Crippen LogP contribution in [0.5, 0.6) is 5.75 Å². The normalized spacial score (nSPS) is 13.4. The predicted octanol–water partition coefficient (Wildman–Crippen LogP) is 3.02. The monoisotopic (exact) mass is 316 g/mol. The molecule has 122 valence electrons. The fourth-order valence-electron chi connectivity index (χ4n) is 2.53. The van der Waals surface area contributed by atoms with Crippen LogP contribution < -0.4 is 15.8 Å². The Labute approximate surface area is 135 Å². The molecule has 0 heterocycles. The quantitative estimate of drug-likeness (QED) is 0.861. The number of aryl methyl sites for hydroxylation is 1. The molecule has 2 rings (SSSR count). The average molecular weight is 316 g/mol. The van der Waals surface area contributed by atoms with Crippen LogP contribution in [0.4, 0.5) is 4.39 Å². The molecule has 0 aliphatic heterocycles. The van der Waals surface area contributed by atoms with Gasteiger partial charge in [0.25, 0.3) is 0 Å². The van der Waals surface area contributed by atoms with Gasteiger partial charge < -0.3 is 10.5 Å². The molecule has 0 aromatic heterocycles. The first-order valence-electron chi connectivity index (χ1n) is 7.37. The van der Waals surface area contributed by atoms with Crippen LogP contribution in [0, 0.1) is 12.7 Å². The summed E-state index contributed by atoms with van der Waals surface area (Å²) < 4.78 is 18.4. The molecule has 0 saturated carbocycles. The first kappa shape index (κ1) is 17.0. The highest BCUT2D eigenvalue weighted by atomic mass is 19.1. The van der Waals surface area contributed by atoms with E-state index in [4.69, 9.17) is 10.5 Å². The van der Waals surface area contributed by atoms with E-state index in [0.29, 0.717) is 5.56 Å². The molecule has 2 atom stereocenters. The second-order valence-electron chi connectivity index (χ2n) is 5.52. The summed E-state index contributed by atoms with van der Waals surface area (Å²) in [6, 6.07) is 10.7. The first-order valence-corrected chi connectivity index (χ1v) is 7.37. The summed E-state index contributed by atoms with van der Waals surface area (Å²) in [5.74, 6) is -0.140. The molecule has 0 unspecified atom stereocenters. The predicted molar refractivity (Wildman–Crippen MR) is 87.6 cm³/mol. The van der Waals surface area contributed by atoms with Gasteiger partial charge in [0.05, 0.1) is 7.11 Å². The lowest BCUT2D eigenvalue weighted by Crippen LogP contribution is -2.35. The van der Waals surface area contributed by atoms with Crippen LogP contribution in [0.15, 0.2) is 42.5 Å². The van der Waals surface area contributed by atoms with Crippen LogP contribution in [0.3, 0.4) is 0 Å². The average Bonchev–Trinajstić information content (AvgIpc) is 2.53. The number of carbonyl (C=O) groups excluding carboxylic acids is 1. The van der Waals surface area contributed by atoms with Crippen molar-refractivity contribution < 1.29 is 13.9 Å². The van der Waals surface area contributed by atoms with Crippen molar-refractivity contribution in [3.8, 4) is 5.75 Å². The molecule has 0 aliphatic rings. The van der Waals surface area contributed by atoms with Crippen LogP contribution in [0.1, 0.15) is 35.7 Å². The van der Waals surface area contributed by atoms with Crippen LogP contribution >= 0.6 is 0 Å². The van der Waals surface area contributed by atoms with Gasteiger partial charge in [0.2, 0.25) is 5.91 Å². The Kier molecular flexibility index (Phi) is 5.34. The minimum Gasteiger partial charge on any atom is -0.496 e. The van der Waals surface area contributed by atoms with E-state index in [-0.39, 0.29) is 11.9 Å². The number of primary amides is 1. The second-order valence-corrected chi connectivity index (χ2v) is 5.52. The van der Waals surface area contributed by atoms with Crippen molar-refractivity contribution in [2.24, 2.45) is 5.73 Å². The Balaban J connectivity index is 2.28. The van der Waals surface area contributed by atoms with E-state index < -0.39 is 11.9 Å². The number of hydrogen-bond donors (Lipinski definition) is 2. The topological polar surface area (TPSA) is 64.3 Å². The van der Waals surface area contributed by atoms with Gasteiger partial charge in [0.15, 0.2) is 0 Å². The lowest BCUT2D eigenvalue weighted by Gasteiger charge is -2.23. The standard InChI is InChI=1S/C18H21FN2O2/c1-11-4-9-16(23-3)15(10-11)12(2)21-17(18(20)22)13-5-7-14(19)8-6-13/h4-10,12,17,21H,1-3H3,(H2,20,22)/t12-,17-/m0/s1. The molecule has 5 heteroatoms. The van der Waals surface area contributed by atoms with Crippen molar-refractivity contribution in [3.05, 3.63) is 65.0 Å². The Morgan fingerprint density at radius 2 is 1.87 bits per heavy atom. The molecule has 0 fully saturated rings. The van der Waals surface area contributed by atoms with E-state index in [0.717, 1.165) is 16.9 Å². The largest absolute Gasteiger partial charge is 0.496 e. The van der Waals surface area contributed by atoms with Gasteiger partial charge in [-0.1, -0.05) is 29.8 Å². The van der Waals surface area contributed by atoms with Crippen molar-refractivity contribution in [2.45, 2.75) is 25.9 Å². The summed E-state index contributed by atoms with van der Waals surface area (Å²) in [7, 11) is 1.60.